The fraction of sp³-hybridized carbons (Fsp3) is 0.455. The molecule has 3 rings (SSSR count). The van der Waals surface area contributed by atoms with E-state index in [4.69, 9.17) is 4.74 Å². The molecule has 1 aliphatic carbocycles. The maximum atomic E-state index is 13.2. The molecule has 140 valence electrons. The standard InChI is InChI=1S/C22H25F3O/c1-2-3-15-4-6-17(7-5-15)18-8-10-19(11-9-18)26-14-16-12-20(23)22(25)21(24)13-16/h8-13,15,17H,2-7,14H2,1H3. The van der Waals surface area contributed by atoms with Gasteiger partial charge in [-0.1, -0.05) is 31.9 Å². The molecule has 0 aromatic heterocycles. The fourth-order valence-corrected chi connectivity index (χ4v) is 3.89. The van der Waals surface area contributed by atoms with E-state index < -0.39 is 17.5 Å². The predicted molar refractivity (Wildman–Crippen MR) is 96.7 cm³/mol. The largest absolute Gasteiger partial charge is 0.489 e. The Kier molecular flexibility index (Phi) is 6.23. The number of halogens is 3. The van der Waals surface area contributed by atoms with E-state index in [0.717, 1.165) is 18.1 Å². The van der Waals surface area contributed by atoms with Crippen molar-refractivity contribution in [1.82, 2.24) is 0 Å². The summed E-state index contributed by atoms with van der Waals surface area (Å²) in [6.45, 7) is 2.25. The minimum absolute atomic E-state index is 0.00437. The minimum atomic E-state index is -1.45. The van der Waals surface area contributed by atoms with Gasteiger partial charge in [-0.2, -0.15) is 0 Å². The first-order chi connectivity index (χ1) is 12.6. The van der Waals surface area contributed by atoms with Gasteiger partial charge in [0.15, 0.2) is 17.5 Å². The van der Waals surface area contributed by atoms with Gasteiger partial charge >= 0.3 is 0 Å². The Morgan fingerprint density at radius 1 is 0.923 bits per heavy atom. The van der Waals surface area contributed by atoms with Crippen LogP contribution in [0.2, 0.25) is 0 Å². The predicted octanol–water partition coefficient (Wildman–Crippen LogP) is 6.76. The van der Waals surface area contributed by atoms with E-state index in [1.54, 1.807) is 0 Å². The average molecular weight is 362 g/mol. The van der Waals surface area contributed by atoms with E-state index in [0.29, 0.717) is 11.7 Å². The normalized spacial score (nSPS) is 20.2. The van der Waals surface area contributed by atoms with Crippen LogP contribution in [-0.4, -0.2) is 0 Å². The molecule has 0 unspecified atom stereocenters. The highest BCUT2D eigenvalue weighted by molar-refractivity contribution is 5.30. The van der Waals surface area contributed by atoms with Crippen molar-refractivity contribution < 1.29 is 17.9 Å². The highest BCUT2D eigenvalue weighted by atomic mass is 19.2. The summed E-state index contributed by atoms with van der Waals surface area (Å²) in [5, 5.41) is 0. The van der Waals surface area contributed by atoms with E-state index in [1.165, 1.54) is 44.1 Å². The number of benzene rings is 2. The molecule has 0 spiro atoms. The molecule has 1 aliphatic rings. The Bertz CT molecular complexity index is 696. The molecule has 0 aliphatic heterocycles. The summed E-state index contributed by atoms with van der Waals surface area (Å²) in [6, 6.07) is 9.86. The van der Waals surface area contributed by atoms with Gasteiger partial charge in [-0.25, -0.2) is 13.2 Å². The smallest absolute Gasteiger partial charge is 0.194 e. The second-order valence-corrected chi connectivity index (χ2v) is 7.24. The van der Waals surface area contributed by atoms with Crippen LogP contribution >= 0.6 is 0 Å². The summed E-state index contributed by atoms with van der Waals surface area (Å²) in [7, 11) is 0. The molecule has 0 radical (unpaired) electrons. The van der Waals surface area contributed by atoms with Gasteiger partial charge in [-0.3, -0.25) is 0 Å². The molecule has 1 nitrogen and oxygen atoms in total. The lowest BCUT2D eigenvalue weighted by atomic mass is 9.77. The fourth-order valence-electron chi connectivity index (χ4n) is 3.89. The summed E-state index contributed by atoms with van der Waals surface area (Å²) in [6.07, 6.45) is 7.68. The number of ether oxygens (including phenoxy) is 1. The molecule has 0 bridgehead atoms. The average Bonchev–Trinajstić information content (AvgIpc) is 2.66. The Morgan fingerprint density at radius 3 is 2.12 bits per heavy atom. The van der Waals surface area contributed by atoms with Crippen LogP contribution in [0.5, 0.6) is 5.75 Å². The molecule has 0 saturated heterocycles. The van der Waals surface area contributed by atoms with Crippen LogP contribution in [0.25, 0.3) is 0 Å². The number of rotatable bonds is 6. The van der Waals surface area contributed by atoms with Crippen molar-refractivity contribution in [2.24, 2.45) is 5.92 Å². The minimum Gasteiger partial charge on any atom is -0.489 e. The van der Waals surface area contributed by atoms with Crippen LogP contribution in [0.15, 0.2) is 36.4 Å². The van der Waals surface area contributed by atoms with Crippen molar-refractivity contribution in [2.45, 2.75) is 58.0 Å². The number of hydrogen-bond acceptors (Lipinski definition) is 1. The van der Waals surface area contributed by atoms with Gasteiger partial charge in [-0.05, 0) is 72.9 Å². The molecule has 2 aromatic rings. The Balaban J connectivity index is 1.55. The zero-order chi connectivity index (χ0) is 18.5. The van der Waals surface area contributed by atoms with Gasteiger partial charge in [0.25, 0.3) is 0 Å². The van der Waals surface area contributed by atoms with Crippen LogP contribution in [0, 0.1) is 23.4 Å². The molecule has 1 saturated carbocycles. The Morgan fingerprint density at radius 2 is 1.54 bits per heavy atom. The van der Waals surface area contributed by atoms with Crippen molar-refractivity contribution in [3.05, 3.63) is 65.0 Å². The topological polar surface area (TPSA) is 9.23 Å². The van der Waals surface area contributed by atoms with Crippen molar-refractivity contribution >= 4 is 0 Å². The van der Waals surface area contributed by atoms with E-state index in [9.17, 15) is 13.2 Å². The first-order valence-electron chi connectivity index (χ1n) is 9.43. The first-order valence-corrected chi connectivity index (χ1v) is 9.43. The third kappa shape index (κ3) is 4.60. The third-order valence-electron chi connectivity index (χ3n) is 5.34. The SMILES string of the molecule is CCCC1CCC(c2ccc(OCc3cc(F)c(F)c(F)c3)cc2)CC1. The summed E-state index contributed by atoms with van der Waals surface area (Å²) >= 11 is 0. The molecular weight excluding hydrogens is 337 g/mol. The zero-order valence-corrected chi connectivity index (χ0v) is 15.1. The summed E-state index contributed by atoms with van der Waals surface area (Å²) < 4.78 is 45.0. The van der Waals surface area contributed by atoms with Gasteiger partial charge < -0.3 is 4.74 Å². The second kappa shape index (κ2) is 8.61. The zero-order valence-electron chi connectivity index (χ0n) is 15.1. The molecule has 4 heteroatoms. The first kappa shape index (κ1) is 18.8. The van der Waals surface area contributed by atoms with Gasteiger partial charge in [0.05, 0.1) is 0 Å². The number of hydrogen-bond donors (Lipinski definition) is 0. The van der Waals surface area contributed by atoms with Crippen LogP contribution in [-0.2, 0) is 6.61 Å². The summed E-state index contributed by atoms with van der Waals surface area (Å²) in [4.78, 5) is 0. The summed E-state index contributed by atoms with van der Waals surface area (Å²) in [5.41, 5.74) is 1.59. The molecule has 0 amide bonds. The Hall–Kier alpha value is -1.97. The summed E-state index contributed by atoms with van der Waals surface area (Å²) in [5.74, 6) is -1.71. The monoisotopic (exact) mass is 362 g/mol. The van der Waals surface area contributed by atoms with Crippen LogP contribution in [0.4, 0.5) is 13.2 Å². The lowest BCUT2D eigenvalue weighted by Crippen LogP contribution is -2.13. The van der Waals surface area contributed by atoms with Gasteiger partial charge in [-0.15, -0.1) is 0 Å². The molecule has 0 N–H and O–H groups in total. The van der Waals surface area contributed by atoms with Crippen LogP contribution < -0.4 is 4.74 Å². The van der Waals surface area contributed by atoms with E-state index in [1.807, 2.05) is 12.1 Å². The van der Waals surface area contributed by atoms with Crippen molar-refractivity contribution in [1.29, 1.82) is 0 Å². The molecule has 2 aromatic carbocycles. The lowest BCUT2D eigenvalue weighted by molar-refractivity contribution is 0.301. The van der Waals surface area contributed by atoms with E-state index >= 15 is 0 Å². The van der Waals surface area contributed by atoms with Gasteiger partial charge in [0.1, 0.15) is 12.4 Å². The quantitative estimate of drug-likeness (QED) is 0.516. The highest BCUT2D eigenvalue weighted by Crippen LogP contribution is 2.37. The van der Waals surface area contributed by atoms with Crippen LogP contribution in [0.3, 0.4) is 0 Å². The van der Waals surface area contributed by atoms with Crippen molar-refractivity contribution in [3.63, 3.8) is 0 Å². The molecule has 26 heavy (non-hydrogen) atoms. The molecular formula is C22H25F3O. The second-order valence-electron chi connectivity index (χ2n) is 7.24. The highest BCUT2D eigenvalue weighted by Gasteiger charge is 2.21. The Labute approximate surface area is 153 Å². The molecule has 0 atom stereocenters. The van der Waals surface area contributed by atoms with Gasteiger partial charge in [0, 0.05) is 0 Å². The lowest BCUT2D eigenvalue weighted by Gasteiger charge is -2.28. The van der Waals surface area contributed by atoms with Crippen LogP contribution in [0.1, 0.15) is 62.5 Å². The van der Waals surface area contributed by atoms with Crippen molar-refractivity contribution in [3.8, 4) is 5.75 Å². The van der Waals surface area contributed by atoms with Crippen molar-refractivity contribution in [2.75, 3.05) is 0 Å². The van der Waals surface area contributed by atoms with E-state index in [-0.39, 0.29) is 12.2 Å². The molecule has 1 fully saturated rings. The third-order valence-corrected chi connectivity index (χ3v) is 5.34. The van der Waals surface area contributed by atoms with E-state index in [2.05, 4.69) is 19.1 Å². The maximum Gasteiger partial charge on any atom is 0.194 e. The van der Waals surface area contributed by atoms with Gasteiger partial charge in [0.2, 0.25) is 0 Å². The maximum absolute atomic E-state index is 13.2. The molecule has 0 heterocycles.